The first kappa shape index (κ1) is 7.71. The summed E-state index contributed by atoms with van der Waals surface area (Å²) >= 11 is 2.13. The maximum absolute atomic E-state index is 4.13. The summed E-state index contributed by atoms with van der Waals surface area (Å²) in [7, 11) is 3.88. The number of rotatable bonds is 1. The Labute approximate surface area is 73.6 Å². The molecule has 3 nitrogen and oxygen atoms in total. The summed E-state index contributed by atoms with van der Waals surface area (Å²) in [5.41, 5.74) is 0. The van der Waals surface area contributed by atoms with Gasteiger partial charge in [-0.1, -0.05) is 0 Å². The van der Waals surface area contributed by atoms with Gasteiger partial charge in [-0.25, -0.2) is 9.97 Å². The summed E-state index contributed by atoms with van der Waals surface area (Å²) < 4.78 is 0.920. The lowest BCUT2D eigenvalue weighted by Crippen LogP contribution is -2.10. The topological polar surface area (TPSA) is 29.0 Å². The lowest BCUT2D eigenvalue weighted by molar-refractivity contribution is 1.03. The molecular formula is C6H8IN3. The predicted molar refractivity (Wildman–Crippen MR) is 49.1 cm³/mol. The molecule has 0 saturated carbocycles. The van der Waals surface area contributed by atoms with Gasteiger partial charge in [-0.15, -0.1) is 0 Å². The van der Waals surface area contributed by atoms with Gasteiger partial charge in [0.15, 0.2) is 0 Å². The van der Waals surface area contributed by atoms with Crippen molar-refractivity contribution in [3.05, 3.63) is 16.1 Å². The zero-order valence-corrected chi connectivity index (χ0v) is 8.03. The monoisotopic (exact) mass is 249 g/mol. The predicted octanol–water partition coefficient (Wildman–Crippen LogP) is 1.15. The first-order chi connectivity index (χ1) is 4.70. The molecule has 0 aliphatic carbocycles. The summed E-state index contributed by atoms with van der Waals surface area (Å²) in [6, 6.07) is 0. The highest BCUT2D eigenvalue weighted by Gasteiger charge is 1.94. The van der Waals surface area contributed by atoms with Gasteiger partial charge in [0, 0.05) is 14.1 Å². The minimum atomic E-state index is 0.889. The number of hydrogen-bond donors (Lipinski definition) is 0. The van der Waals surface area contributed by atoms with Crippen LogP contribution >= 0.6 is 22.6 Å². The van der Waals surface area contributed by atoms with Gasteiger partial charge in [0.25, 0.3) is 0 Å². The van der Waals surface area contributed by atoms with E-state index in [0.717, 1.165) is 9.52 Å². The average Bonchev–Trinajstić information content (AvgIpc) is 1.88. The molecule has 10 heavy (non-hydrogen) atoms. The Hall–Kier alpha value is -0.390. The first-order valence-corrected chi connectivity index (χ1v) is 3.93. The van der Waals surface area contributed by atoms with E-state index in [4.69, 9.17) is 0 Å². The van der Waals surface area contributed by atoms with E-state index >= 15 is 0 Å². The second-order valence-electron chi connectivity index (χ2n) is 2.09. The molecule has 1 aromatic heterocycles. The fraction of sp³-hybridized carbons (Fsp3) is 0.333. The van der Waals surface area contributed by atoms with Crippen molar-refractivity contribution in [1.29, 1.82) is 0 Å². The molecular weight excluding hydrogens is 241 g/mol. The lowest BCUT2D eigenvalue weighted by atomic mass is 10.6. The molecule has 0 saturated heterocycles. The van der Waals surface area contributed by atoms with Crippen LogP contribution in [0.4, 0.5) is 5.82 Å². The molecule has 0 spiro atoms. The zero-order chi connectivity index (χ0) is 7.56. The maximum atomic E-state index is 4.13. The van der Waals surface area contributed by atoms with Gasteiger partial charge >= 0.3 is 0 Å². The van der Waals surface area contributed by atoms with Crippen molar-refractivity contribution in [1.82, 2.24) is 9.97 Å². The number of nitrogens with zero attached hydrogens (tertiary/aromatic N) is 3. The quantitative estimate of drug-likeness (QED) is 0.699. The van der Waals surface area contributed by atoms with Crippen LogP contribution in [0.25, 0.3) is 0 Å². The largest absolute Gasteiger partial charge is 0.361 e. The molecule has 0 radical (unpaired) electrons. The Morgan fingerprint density at radius 2 is 2.00 bits per heavy atom. The molecule has 0 aliphatic heterocycles. The van der Waals surface area contributed by atoms with Crippen molar-refractivity contribution in [3.8, 4) is 0 Å². The standard InChI is InChI=1S/C6H8IN3/c1-10(2)6-4-8-5(7)3-9-6/h3-4H,1-2H3. The Morgan fingerprint density at radius 1 is 1.30 bits per heavy atom. The Morgan fingerprint density at radius 3 is 2.40 bits per heavy atom. The summed E-state index contributed by atoms with van der Waals surface area (Å²) in [5.74, 6) is 0.889. The fourth-order valence-corrected chi connectivity index (χ4v) is 0.815. The minimum absolute atomic E-state index is 0.889. The van der Waals surface area contributed by atoms with Crippen molar-refractivity contribution < 1.29 is 0 Å². The van der Waals surface area contributed by atoms with Crippen LogP contribution in [0.1, 0.15) is 0 Å². The Kier molecular flexibility index (Phi) is 2.42. The van der Waals surface area contributed by atoms with Crippen molar-refractivity contribution in [2.45, 2.75) is 0 Å². The van der Waals surface area contributed by atoms with Crippen LogP contribution < -0.4 is 4.90 Å². The van der Waals surface area contributed by atoms with Crippen molar-refractivity contribution >= 4 is 28.4 Å². The second kappa shape index (κ2) is 3.14. The van der Waals surface area contributed by atoms with Gasteiger partial charge in [-0.3, -0.25) is 0 Å². The lowest BCUT2D eigenvalue weighted by Gasteiger charge is -2.08. The molecule has 1 heterocycles. The summed E-state index contributed by atoms with van der Waals surface area (Å²) in [4.78, 5) is 10.1. The molecule has 1 rings (SSSR count). The van der Waals surface area contributed by atoms with Crippen LogP contribution in [0.5, 0.6) is 0 Å². The molecule has 54 valence electrons. The third-order valence-electron chi connectivity index (χ3n) is 1.06. The van der Waals surface area contributed by atoms with Gasteiger partial charge in [-0.05, 0) is 22.6 Å². The van der Waals surface area contributed by atoms with Crippen LogP contribution in [-0.4, -0.2) is 24.1 Å². The van der Waals surface area contributed by atoms with Crippen LogP contribution in [0.2, 0.25) is 0 Å². The van der Waals surface area contributed by atoms with Gasteiger partial charge in [0.2, 0.25) is 0 Å². The summed E-state index contributed by atoms with van der Waals surface area (Å²) in [6.45, 7) is 0. The van der Waals surface area contributed by atoms with Gasteiger partial charge < -0.3 is 4.90 Å². The van der Waals surface area contributed by atoms with Crippen LogP contribution in [0.3, 0.4) is 0 Å². The van der Waals surface area contributed by atoms with Crippen LogP contribution in [0.15, 0.2) is 12.4 Å². The maximum Gasteiger partial charge on any atom is 0.146 e. The highest BCUT2D eigenvalue weighted by molar-refractivity contribution is 14.1. The molecule has 0 aliphatic rings. The van der Waals surface area contributed by atoms with E-state index in [-0.39, 0.29) is 0 Å². The van der Waals surface area contributed by atoms with Crippen LogP contribution in [0, 0.1) is 3.70 Å². The average molecular weight is 249 g/mol. The molecule has 0 fully saturated rings. The van der Waals surface area contributed by atoms with E-state index in [1.807, 2.05) is 19.0 Å². The molecule has 0 aromatic carbocycles. The minimum Gasteiger partial charge on any atom is -0.361 e. The molecule has 0 amide bonds. The normalized spacial score (nSPS) is 9.50. The molecule has 0 bridgehead atoms. The van der Waals surface area contributed by atoms with Crippen molar-refractivity contribution in [2.75, 3.05) is 19.0 Å². The molecule has 0 N–H and O–H groups in total. The van der Waals surface area contributed by atoms with E-state index in [1.54, 1.807) is 12.4 Å². The van der Waals surface area contributed by atoms with E-state index < -0.39 is 0 Å². The number of halogens is 1. The summed E-state index contributed by atoms with van der Waals surface area (Å²) in [6.07, 6.45) is 3.50. The van der Waals surface area contributed by atoms with Gasteiger partial charge in [-0.2, -0.15) is 0 Å². The Balaban J connectivity index is 2.89. The smallest absolute Gasteiger partial charge is 0.146 e. The number of hydrogen-bond acceptors (Lipinski definition) is 3. The van der Waals surface area contributed by atoms with E-state index in [1.165, 1.54) is 0 Å². The highest BCUT2D eigenvalue weighted by atomic mass is 127. The highest BCUT2D eigenvalue weighted by Crippen LogP contribution is 2.04. The Bertz CT molecular complexity index is 207. The third-order valence-corrected chi connectivity index (χ3v) is 1.62. The van der Waals surface area contributed by atoms with E-state index in [9.17, 15) is 0 Å². The SMILES string of the molecule is CN(C)c1cnc(I)cn1. The zero-order valence-electron chi connectivity index (χ0n) is 5.87. The molecule has 0 atom stereocenters. The van der Waals surface area contributed by atoms with E-state index in [0.29, 0.717) is 0 Å². The van der Waals surface area contributed by atoms with Crippen LogP contribution in [-0.2, 0) is 0 Å². The van der Waals surface area contributed by atoms with E-state index in [2.05, 4.69) is 32.6 Å². The summed E-state index contributed by atoms with van der Waals surface area (Å²) in [5, 5.41) is 0. The van der Waals surface area contributed by atoms with Gasteiger partial charge in [0.1, 0.15) is 9.52 Å². The first-order valence-electron chi connectivity index (χ1n) is 2.85. The number of aromatic nitrogens is 2. The molecule has 0 unspecified atom stereocenters. The molecule has 4 heteroatoms. The molecule has 1 aromatic rings. The number of anilines is 1. The third kappa shape index (κ3) is 1.80. The van der Waals surface area contributed by atoms with Crippen molar-refractivity contribution in [3.63, 3.8) is 0 Å². The second-order valence-corrected chi connectivity index (χ2v) is 3.20. The van der Waals surface area contributed by atoms with Crippen molar-refractivity contribution in [2.24, 2.45) is 0 Å². The fourth-order valence-electron chi connectivity index (χ4n) is 0.536. The van der Waals surface area contributed by atoms with Gasteiger partial charge in [0.05, 0.1) is 12.4 Å².